The highest BCUT2D eigenvalue weighted by Gasteiger charge is 2.35. The summed E-state index contributed by atoms with van der Waals surface area (Å²) >= 11 is 0. The van der Waals surface area contributed by atoms with Crippen molar-refractivity contribution in [3.8, 4) is 11.4 Å². The number of ketones is 1. The van der Waals surface area contributed by atoms with Gasteiger partial charge in [0.25, 0.3) is 0 Å². The van der Waals surface area contributed by atoms with Crippen LogP contribution >= 0.6 is 0 Å². The molecule has 0 atom stereocenters. The summed E-state index contributed by atoms with van der Waals surface area (Å²) in [5.41, 5.74) is 1.02. The summed E-state index contributed by atoms with van der Waals surface area (Å²) in [5.74, 6) is 0.290. The van der Waals surface area contributed by atoms with Gasteiger partial charge in [-0.15, -0.1) is 10.2 Å². The molecule has 0 bridgehead atoms. The van der Waals surface area contributed by atoms with Crippen LogP contribution in [-0.4, -0.2) is 31.0 Å². The molecule has 2 aromatic heterocycles. The number of hydrogen-bond acceptors (Lipinski definition) is 4. The molecule has 9 heteroatoms. The topological polar surface area (TPSA) is 76.5 Å². The van der Waals surface area contributed by atoms with E-state index in [9.17, 15) is 18.0 Å². The van der Waals surface area contributed by atoms with Gasteiger partial charge in [-0.2, -0.15) is 18.4 Å². The van der Waals surface area contributed by atoms with Gasteiger partial charge in [0.05, 0.1) is 0 Å². The number of nitrogens with zero attached hydrogens (tertiary/aromatic N) is 4. The standard InChI is InChI=1S/C20H16F3N5O/c21-20(22,23)18-12-15-4-1-2-5-16(15)28(18)11-3-6-17(29)13-7-9-14(10-8-13)19-24-26-27-25-19/h1-2,4-5,7-10,12H,3,6,11H2,(H,24,25,26,27). The monoisotopic (exact) mass is 399 g/mol. The molecule has 0 amide bonds. The molecular weight excluding hydrogens is 383 g/mol. The van der Waals surface area contributed by atoms with Crippen molar-refractivity contribution < 1.29 is 18.0 Å². The molecule has 148 valence electrons. The highest BCUT2D eigenvalue weighted by atomic mass is 19.4. The first-order valence-electron chi connectivity index (χ1n) is 8.96. The van der Waals surface area contributed by atoms with E-state index >= 15 is 0 Å². The van der Waals surface area contributed by atoms with Gasteiger partial charge in [-0.05, 0) is 23.8 Å². The van der Waals surface area contributed by atoms with Gasteiger partial charge >= 0.3 is 6.18 Å². The third kappa shape index (κ3) is 3.89. The van der Waals surface area contributed by atoms with Crippen molar-refractivity contribution in [2.24, 2.45) is 0 Å². The molecule has 0 fully saturated rings. The van der Waals surface area contributed by atoms with E-state index in [1.54, 1.807) is 48.5 Å². The Hall–Kier alpha value is -3.49. The highest BCUT2D eigenvalue weighted by Crippen LogP contribution is 2.34. The van der Waals surface area contributed by atoms with Crippen LogP contribution in [0.4, 0.5) is 13.2 Å². The van der Waals surface area contributed by atoms with Crippen molar-refractivity contribution in [1.82, 2.24) is 25.2 Å². The van der Waals surface area contributed by atoms with Crippen molar-refractivity contribution in [2.75, 3.05) is 0 Å². The van der Waals surface area contributed by atoms with E-state index in [1.807, 2.05) is 0 Å². The summed E-state index contributed by atoms with van der Waals surface area (Å²) in [6.45, 7) is 0.106. The van der Waals surface area contributed by atoms with Crippen LogP contribution in [0.3, 0.4) is 0 Å². The number of aromatic amines is 1. The van der Waals surface area contributed by atoms with Gasteiger partial charge in [0.15, 0.2) is 5.78 Å². The number of Topliss-reactive ketones (excluding diaryl/α,β-unsaturated/α-hetero) is 1. The SMILES string of the molecule is O=C(CCCn1c(C(F)(F)F)cc2ccccc21)c1ccc(-c2nn[nH]n2)cc1. The number of aryl methyl sites for hydroxylation is 1. The van der Waals surface area contributed by atoms with Crippen LogP contribution in [0, 0.1) is 0 Å². The molecule has 0 aliphatic rings. The van der Waals surface area contributed by atoms with Crippen molar-refractivity contribution >= 4 is 16.7 Å². The summed E-state index contributed by atoms with van der Waals surface area (Å²) in [6, 6.07) is 14.6. The quantitative estimate of drug-likeness (QED) is 0.484. The molecular formula is C20H16F3N5O. The number of aromatic nitrogens is 5. The van der Waals surface area contributed by atoms with Crippen molar-refractivity contribution in [1.29, 1.82) is 0 Å². The Bertz CT molecular complexity index is 1130. The second-order valence-electron chi connectivity index (χ2n) is 6.58. The molecule has 2 heterocycles. The second kappa shape index (κ2) is 7.50. The molecule has 1 N–H and O–H groups in total. The van der Waals surface area contributed by atoms with E-state index in [2.05, 4.69) is 20.6 Å². The molecule has 0 aliphatic carbocycles. The van der Waals surface area contributed by atoms with Gasteiger partial charge in [-0.1, -0.05) is 42.5 Å². The van der Waals surface area contributed by atoms with Gasteiger partial charge in [0.1, 0.15) is 5.69 Å². The molecule has 4 rings (SSSR count). The lowest BCUT2D eigenvalue weighted by atomic mass is 10.0. The Morgan fingerprint density at radius 3 is 2.52 bits per heavy atom. The number of benzene rings is 2. The van der Waals surface area contributed by atoms with E-state index in [-0.39, 0.29) is 18.7 Å². The fraction of sp³-hybridized carbons (Fsp3) is 0.200. The van der Waals surface area contributed by atoms with E-state index in [1.165, 1.54) is 4.57 Å². The van der Waals surface area contributed by atoms with Gasteiger partial charge in [-0.25, -0.2) is 0 Å². The van der Waals surface area contributed by atoms with E-state index in [0.29, 0.717) is 34.3 Å². The number of carbonyl (C=O) groups is 1. The Balaban J connectivity index is 1.46. The zero-order valence-corrected chi connectivity index (χ0v) is 15.1. The van der Waals surface area contributed by atoms with Crippen LogP contribution in [-0.2, 0) is 12.7 Å². The van der Waals surface area contributed by atoms with Crippen LogP contribution in [0.1, 0.15) is 28.9 Å². The first kappa shape index (κ1) is 18.9. The lowest BCUT2D eigenvalue weighted by Crippen LogP contribution is -2.14. The van der Waals surface area contributed by atoms with Crippen LogP contribution in [0.2, 0.25) is 0 Å². The Kier molecular flexibility index (Phi) is 4.87. The summed E-state index contributed by atoms with van der Waals surface area (Å²) in [7, 11) is 0. The average Bonchev–Trinajstić information content (AvgIpc) is 3.36. The molecule has 4 aromatic rings. The summed E-state index contributed by atoms with van der Waals surface area (Å²) < 4.78 is 41.4. The molecule has 6 nitrogen and oxygen atoms in total. The Morgan fingerprint density at radius 1 is 1.07 bits per heavy atom. The number of halogens is 3. The average molecular weight is 399 g/mol. The molecule has 0 saturated carbocycles. The maximum atomic E-state index is 13.4. The zero-order valence-electron chi connectivity index (χ0n) is 15.1. The summed E-state index contributed by atoms with van der Waals surface area (Å²) in [4.78, 5) is 12.4. The Morgan fingerprint density at radius 2 is 1.83 bits per heavy atom. The first-order valence-corrected chi connectivity index (χ1v) is 8.96. The minimum atomic E-state index is -4.45. The third-order valence-electron chi connectivity index (χ3n) is 4.70. The minimum Gasteiger partial charge on any atom is -0.337 e. The molecule has 0 unspecified atom stereocenters. The van der Waals surface area contributed by atoms with Crippen molar-refractivity contribution in [3.05, 3.63) is 65.9 Å². The highest BCUT2D eigenvalue weighted by molar-refractivity contribution is 5.96. The van der Waals surface area contributed by atoms with E-state index in [4.69, 9.17) is 0 Å². The number of carbonyl (C=O) groups excluding carboxylic acids is 1. The molecule has 0 saturated heterocycles. The number of tetrazole rings is 1. The molecule has 29 heavy (non-hydrogen) atoms. The number of nitrogens with one attached hydrogen (secondary N) is 1. The van der Waals surface area contributed by atoms with Crippen LogP contribution in [0.15, 0.2) is 54.6 Å². The summed E-state index contributed by atoms with van der Waals surface area (Å²) in [6.07, 6.45) is -4.01. The number of alkyl halides is 3. The minimum absolute atomic E-state index is 0.106. The maximum Gasteiger partial charge on any atom is 0.431 e. The fourth-order valence-corrected chi connectivity index (χ4v) is 3.32. The van der Waals surface area contributed by atoms with E-state index < -0.39 is 11.9 Å². The van der Waals surface area contributed by atoms with Crippen LogP contribution in [0.5, 0.6) is 0 Å². The smallest absolute Gasteiger partial charge is 0.337 e. The van der Waals surface area contributed by atoms with Gasteiger partial charge in [0, 0.05) is 35.0 Å². The normalized spacial score (nSPS) is 11.8. The van der Waals surface area contributed by atoms with Crippen molar-refractivity contribution in [2.45, 2.75) is 25.6 Å². The van der Waals surface area contributed by atoms with Crippen molar-refractivity contribution in [3.63, 3.8) is 0 Å². The fourth-order valence-electron chi connectivity index (χ4n) is 3.32. The summed E-state index contributed by atoms with van der Waals surface area (Å²) in [5, 5.41) is 14.1. The largest absolute Gasteiger partial charge is 0.431 e. The Labute approximate surface area is 163 Å². The van der Waals surface area contributed by atoms with Crippen LogP contribution < -0.4 is 0 Å². The predicted molar refractivity (Wildman–Crippen MR) is 100 cm³/mol. The number of rotatable bonds is 6. The van der Waals surface area contributed by atoms with E-state index in [0.717, 1.165) is 6.07 Å². The molecule has 0 aliphatic heterocycles. The van der Waals surface area contributed by atoms with Gasteiger partial charge in [-0.3, -0.25) is 4.79 Å². The molecule has 2 aromatic carbocycles. The lowest BCUT2D eigenvalue weighted by Gasteiger charge is -2.13. The maximum absolute atomic E-state index is 13.4. The van der Waals surface area contributed by atoms with Gasteiger partial charge < -0.3 is 4.57 Å². The number of hydrogen-bond donors (Lipinski definition) is 1. The first-order chi connectivity index (χ1) is 13.9. The second-order valence-corrected chi connectivity index (χ2v) is 6.58. The molecule has 0 spiro atoms. The predicted octanol–water partition coefficient (Wildman–Crippen LogP) is 4.50. The van der Waals surface area contributed by atoms with Gasteiger partial charge in [0.2, 0.25) is 5.82 Å². The number of para-hydroxylation sites is 1. The molecule has 0 radical (unpaired) electrons. The van der Waals surface area contributed by atoms with Crippen LogP contribution in [0.25, 0.3) is 22.3 Å². The number of fused-ring (bicyclic) bond motifs is 1. The lowest BCUT2D eigenvalue weighted by molar-refractivity contribution is -0.143. The third-order valence-corrected chi connectivity index (χ3v) is 4.70. The number of H-pyrrole nitrogens is 1. The zero-order chi connectivity index (χ0) is 20.4.